The van der Waals surface area contributed by atoms with Crippen LogP contribution in [0.5, 0.6) is 0 Å². The lowest BCUT2D eigenvalue weighted by Crippen LogP contribution is -2.35. The summed E-state index contributed by atoms with van der Waals surface area (Å²) in [6.45, 7) is 3.23. The predicted molar refractivity (Wildman–Crippen MR) is 80.3 cm³/mol. The number of nitrogens with one attached hydrogen (secondary N) is 1. The Morgan fingerprint density at radius 2 is 2.11 bits per heavy atom. The van der Waals surface area contributed by atoms with Gasteiger partial charge in [-0.25, -0.2) is 0 Å². The number of nitrogens with zero attached hydrogens (tertiary/aromatic N) is 1. The van der Waals surface area contributed by atoms with Crippen LogP contribution in [0.2, 0.25) is 0 Å². The summed E-state index contributed by atoms with van der Waals surface area (Å²) in [5.41, 5.74) is 7.69. The fourth-order valence-electron chi connectivity index (χ4n) is 3.12. The molecule has 0 aromatic heterocycles. The van der Waals surface area contributed by atoms with Crippen molar-refractivity contribution in [2.24, 2.45) is 11.7 Å². The SMILES string of the molecule is CC1CCCC(N(C)Cc2ccccc2C(=N)N)C1. The van der Waals surface area contributed by atoms with Gasteiger partial charge in [-0.1, -0.05) is 44.0 Å². The molecule has 2 rings (SSSR count). The van der Waals surface area contributed by atoms with Crippen molar-refractivity contribution in [1.29, 1.82) is 5.41 Å². The highest BCUT2D eigenvalue weighted by molar-refractivity contribution is 5.96. The van der Waals surface area contributed by atoms with Gasteiger partial charge in [0.05, 0.1) is 0 Å². The number of nitrogens with two attached hydrogens (primary N) is 1. The average molecular weight is 259 g/mol. The topological polar surface area (TPSA) is 53.1 Å². The van der Waals surface area contributed by atoms with E-state index in [9.17, 15) is 0 Å². The standard InChI is InChI=1S/C16H25N3/c1-12-6-5-8-14(10-12)19(2)11-13-7-3-4-9-15(13)16(17)18/h3-4,7,9,12,14H,5-6,8,10-11H2,1-2H3,(H3,17,18). The van der Waals surface area contributed by atoms with Gasteiger partial charge < -0.3 is 5.73 Å². The summed E-state index contributed by atoms with van der Waals surface area (Å²) >= 11 is 0. The first-order valence-corrected chi connectivity index (χ1v) is 7.20. The van der Waals surface area contributed by atoms with Crippen molar-refractivity contribution in [3.05, 3.63) is 35.4 Å². The molecule has 1 aliphatic rings. The maximum atomic E-state index is 7.66. The molecule has 0 spiro atoms. The summed E-state index contributed by atoms with van der Waals surface area (Å²) in [5, 5.41) is 7.66. The van der Waals surface area contributed by atoms with Gasteiger partial charge in [0.1, 0.15) is 5.84 Å². The molecule has 1 aromatic rings. The van der Waals surface area contributed by atoms with Crippen LogP contribution in [0.1, 0.15) is 43.7 Å². The molecule has 0 radical (unpaired) electrons. The Hall–Kier alpha value is -1.35. The van der Waals surface area contributed by atoms with Crippen LogP contribution < -0.4 is 5.73 Å². The van der Waals surface area contributed by atoms with E-state index in [1.807, 2.05) is 18.2 Å². The minimum Gasteiger partial charge on any atom is -0.384 e. The number of hydrogen-bond donors (Lipinski definition) is 2. The first kappa shape index (κ1) is 14.1. The molecule has 2 atom stereocenters. The number of nitrogen functional groups attached to an aromatic ring is 1. The smallest absolute Gasteiger partial charge is 0.123 e. The van der Waals surface area contributed by atoms with Crippen LogP contribution in [0, 0.1) is 11.3 Å². The molecule has 0 saturated heterocycles. The monoisotopic (exact) mass is 259 g/mol. The second kappa shape index (κ2) is 6.20. The van der Waals surface area contributed by atoms with Crippen molar-refractivity contribution in [1.82, 2.24) is 4.90 Å². The minimum absolute atomic E-state index is 0.168. The van der Waals surface area contributed by atoms with Crippen molar-refractivity contribution in [2.75, 3.05) is 7.05 Å². The molecule has 0 bridgehead atoms. The van der Waals surface area contributed by atoms with E-state index in [2.05, 4.69) is 24.9 Å². The van der Waals surface area contributed by atoms with E-state index in [1.54, 1.807) is 0 Å². The molecule has 0 aliphatic heterocycles. The van der Waals surface area contributed by atoms with Crippen molar-refractivity contribution < 1.29 is 0 Å². The zero-order valence-electron chi connectivity index (χ0n) is 12.0. The molecule has 0 heterocycles. The third-order valence-electron chi connectivity index (χ3n) is 4.26. The summed E-state index contributed by atoms with van der Waals surface area (Å²) in [6.07, 6.45) is 5.29. The van der Waals surface area contributed by atoms with Gasteiger partial charge in [0.25, 0.3) is 0 Å². The van der Waals surface area contributed by atoms with E-state index in [-0.39, 0.29) is 5.84 Å². The Morgan fingerprint density at radius 3 is 2.79 bits per heavy atom. The van der Waals surface area contributed by atoms with Gasteiger partial charge in [-0.05, 0) is 31.4 Å². The number of amidine groups is 1. The molecule has 3 heteroatoms. The molecule has 0 amide bonds. The molecular formula is C16H25N3. The van der Waals surface area contributed by atoms with Gasteiger partial charge in [0, 0.05) is 18.2 Å². The third-order valence-corrected chi connectivity index (χ3v) is 4.26. The highest BCUT2D eigenvalue weighted by Crippen LogP contribution is 2.27. The zero-order chi connectivity index (χ0) is 13.8. The number of benzene rings is 1. The molecule has 3 nitrogen and oxygen atoms in total. The van der Waals surface area contributed by atoms with Crippen molar-refractivity contribution >= 4 is 5.84 Å². The Morgan fingerprint density at radius 1 is 1.37 bits per heavy atom. The number of rotatable bonds is 4. The quantitative estimate of drug-likeness (QED) is 0.645. The van der Waals surface area contributed by atoms with Crippen molar-refractivity contribution in [3.63, 3.8) is 0 Å². The second-order valence-electron chi connectivity index (χ2n) is 5.91. The summed E-state index contributed by atoms with van der Waals surface area (Å²) in [7, 11) is 2.19. The van der Waals surface area contributed by atoms with Gasteiger partial charge in [0.15, 0.2) is 0 Å². The predicted octanol–water partition coefficient (Wildman–Crippen LogP) is 2.98. The first-order valence-electron chi connectivity index (χ1n) is 7.20. The normalized spacial score (nSPS) is 23.5. The summed E-state index contributed by atoms with van der Waals surface area (Å²) in [5.74, 6) is 1.00. The number of hydrogen-bond acceptors (Lipinski definition) is 2. The largest absolute Gasteiger partial charge is 0.384 e. The van der Waals surface area contributed by atoms with Gasteiger partial charge >= 0.3 is 0 Å². The molecule has 1 aliphatic carbocycles. The molecule has 1 aromatic carbocycles. The molecule has 104 valence electrons. The maximum absolute atomic E-state index is 7.66. The Kier molecular flexibility index (Phi) is 4.59. The summed E-state index contributed by atoms with van der Waals surface area (Å²) < 4.78 is 0. The molecule has 1 saturated carbocycles. The van der Waals surface area contributed by atoms with E-state index < -0.39 is 0 Å². The lowest BCUT2D eigenvalue weighted by Gasteiger charge is -2.34. The molecule has 19 heavy (non-hydrogen) atoms. The van der Waals surface area contributed by atoms with Gasteiger partial charge in [0.2, 0.25) is 0 Å². The Labute approximate surface area is 116 Å². The molecular weight excluding hydrogens is 234 g/mol. The second-order valence-corrected chi connectivity index (χ2v) is 5.91. The Bertz CT molecular complexity index is 441. The highest BCUT2D eigenvalue weighted by Gasteiger charge is 2.22. The summed E-state index contributed by atoms with van der Waals surface area (Å²) in [4.78, 5) is 2.43. The van der Waals surface area contributed by atoms with Crippen molar-refractivity contribution in [3.8, 4) is 0 Å². The van der Waals surface area contributed by atoms with Crippen LogP contribution >= 0.6 is 0 Å². The van der Waals surface area contributed by atoms with Crippen LogP contribution in [0.15, 0.2) is 24.3 Å². The van der Waals surface area contributed by atoms with E-state index >= 15 is 0 Å². The van der Waals surface area contributed by atoms with E-state index in [1.165, 1.54) is 25.7 Å². The van der Waals surface area contributed by atoms with Gasteiger partial charge in [-0.3, -0.25) is 10.3 Å². The first-order chi connectivity index (χ1) is 9.08. The van der Waals surface area contributed by atoms with Crippen molar-refractivity contribution in [2.45, 2.75) is 45.2 Å². The van der Waals surface area contributed by atoms with Gasteiger partial charge in [-0.15, -0.1) is 0 Å². The van der Waals surface area contributed by atoms with E-state index in [4.69, 9.17) is 11.1 Å². The lowest BCUT2D eigenvalue weighted by molar-refractivity contribution is 0.157. The van der Waals surface area contributed by atoms with Crippen LogP contribution in [0.3, 0.4) is 0 Å². The lowest BCUT2D eigenvalue weighted by atomic mass is 9.86. The maximum Gasteiger partial charge on any atom is 0.123 e. The molecule has 1 fully saturated rings. The molecule has 3 N–H and O–H groups in total. The van der Waals surface area contributed by atoms with Crippen LogP contribution in [0.25, 0.3) is 0 Å². The van der Waals surface area contributed by atoms with Gasteiger partial charge in [-0.2, -0.15) is 0 Å². The fourth-order valence-corrected chi connectivity index (χ4v) is 3.12. The third kappa shape index (κ3) is 3.57. The van der Waals surface area contributed by atoms with E-state index in [0.29, 0.717) is 6.04 Å². The molecule has 2 unspecified atom stereocenters. The van der Waals surface area contributed by atoms with E-state index in [0.717, 1.165) is 23.6 Å². The summed E-state index contributed by atoms with van der Waals surface area (Å²) in [6, 6.07) is 8.67. The van der Waals surface area contributed by atoms with Crippen LogP contribution in [-0.4, -0.2) is 23.8 Å². The minimum atomic E-state index is 0.168. The average Bonchev–Trinajstić information content (AvgIpc) is 2.39. The Balaban J connectivity index is 2.06. The highest BCUT2D eigenvalue weighted by atomic mass is 15.1. The van der Waals surface area contributed by atoms with Crippen LogP contribution in [0.4, 0.5) is 0 Å². The zero-order valence-corrected chi connectivity index (χ0v) is 12.0. The van der Waals surface area contributed by atoms with Crippen LogP contribution in [-0.2, 0) is 6.54 Å². The fraction of sp³-hybridized carbons (Fsp3) is 0.562.